The average Bonchev–Trinajstić information content (AvgIpc) is 1.67. The maximum absolute atomic E-state index is 15.4. The van der Waals surface area contributed by atoms with Gasteiger partial charge in [-0.2, -0.15) is 0 Å². The minimum Gasteiger partial charge on any atom is -0.481 e. The minimum atomic E-state index is -2.00. The number of aliphatic carboxylic acids is 2. The fourth-order valence-corrected chi connectivity index (χ4v) is 14.6. The lowest BCUT2D eigenvalue weighted by atomic mass is 10.00. The molecule has 1 fully saturated rings. The Hall–Kier alpha value is -11.6. The number of benzene rings is 4. The summed E-state index contributed by atoms with van der Waals surface area (Å²) < 4.78 is 0. The van der Waals surface area contributed by atoms with Crippen LogP contribution in [-0.4, -0.2) is 259 Å². The van der Waals surface area contributed by atoms with Crippen molar-refractivity contribution < 1.29 is 102 Å². The standard InChI is InChI=1S/C76H104N18O19S2.C2H4O2/c1-41(79)75(111)94(37-61(81)99)59-40-115-114-39-58(76(112)113)91-71(107)57(38-95)90-74(110)63(43(3)97)93-70(106)54(33-46-23-11-6-12-24-46)89-73(109)62(42(2)96)92-65(101)51(28-16-18-30-78)83-68(104)55(34-47-36-82-49-26-14-13-25-48(47)49)87-67(103)53(32-45-21-9-5-10-22-45)85-66(102)52(31-44-19-7-4-8-20-44)86-69(105)56(35-60(80)98)88-64(100)50(84-72(59)108)27-15-17-29-77;1-2(3)4/h4-14,19-26,36,41-43,50-59,62-63,82,95-97H,15-18,27-35,37-40,77-79H2,1-3H3,(H2,80,98)(H2,81,99)(H,83,104)(H,84,108)(H,85,102)(H,86,105)(H,87,103)(H,88,100)(H,89,109)(H,90,110)(H,91,107)(H,92,101)(H,93,106)(H,112,113);1H3,(H,3,4)/t41-,42+,43+,50-,51-,52-,53-,54-,55-,56-,57-,58-,59-,62-,63-;/m0./s1. The third-order valence-electron chi connectivity index (χ3n) is 18.5. The van der Waals surface area contributed by atoms with Crippen LogP contribution in [0.1, 0.15) is 94.9 Å². The van der Waals surface area contributed by atoms with Gasteiger partial charge in [0.2, 0.25) is 82.7 Å². The zero-order valence-electron chi connectivity index (χ0n) is 66.1. The van der Waals surface area contributed by atoms with Crippen LogP contribution in [0.3, 0.4) is 0 Å². The molecule has 4 aromatic carbocycles. The average molecular weight is 1700 g/mol. The van der Waals surface area contributed by atoms with Crippen LogP contribution in [0.25, 0.3) is 10.9 Å². The van der Waals surface area contributed by atoms with E-state index in [2.05, 4.69) is 63.5 Å². The molecule has 41 heteroatoms. The molecule has 648 valence electrons. The van der Waals surface area contributed by atoms with E-state index < -0.39 is 216 Å². The van der Waals surface area contributed by atoms with Gasteiger partial charge in [0, 0.05) is 61.2 Å². The number of nitrogens with two attached hydrogens (primary N) is 5. The molecule has 1 saturated heterocycles. The van der Waals surface area contributed by atoms with Crippen molar-refractivity contribution in [2.24, 2.45) is 28.7 Å². The van der Waals surface area contributed by atoms with Crippen LogP contribution in [0.4, 0.5) is 0 Å². The second-order valence-electron chi connectivity index (χ2n) is 28.2. The van der Waals surface area contributed by atoms with Gasteiger partial charge >= 0.3 is 5.97 Å². The van der Waals surface area contributed by atoms with Gasteiger partial charge < -0.3 is 123 Å². The second kappa shape index (κ2) is 50.2. The van der Waals surface area contributed by atoms with Crippen molar-refractivity contribution in [3.8, 4) is 0 Å². The fourth-order valence-electron chi connectivity index (χ4n) is 12.3. The van der Waals surface area contributed by atoms with Gasteiger partial charge in [-0.1, -0.05) is 131 Å². The number of nitrogens with one attached hydrogen (secondary N) is 12. The molecule has 15 atom stereocenters. The quantitative estimate of drug-likeness (QED) is 0.0183. The van der Waals surface area contributed by atoms with E-state index in [9.17, 15) is 78.0 Å². The van der Waals surface area contributed by atoms with Crippen molar-refractivity contribution in [1.82, 2.24) is 68.4 Å². The highest BCUT2D eigenvalue weighted by molar-refractivity contribution is 8.76. The predicted molar refractivity (Wildman–Crippen MR) is 438 cm³/mol. The van der Waals surface area contributed by atoms with Gasteiger partial charge in [-0.05, 0) is 101 Å². The maximum Gasteiger partial charge on any atom is 0.327 e. The summed E-state index contributed by atoms with van der Waals surface area (Å²) >= 11 is 0. The molecule has 1 aliphatic rings. The van der Waals surface area contributed by atoms with Crippen LogP contribution in [-0.2, 0) is 102 Å². The third kappa shape index (κ3) is 33.0. The molecular weight excluding hydrogens is 1590 g/mol. The number of carboxylic acids is 2. The van der Waals surface area contributed by atoms with Gasteiger partial charge in [-0.25, -0.2) is 4.79 Å². The molecule has 2 heterocycles. The van der Waals surface area contributed by atoms with E-state index in [1.165, 1.54) is 6.92 Å². The van der Waals surface area contributed by atoms with Crippen molar-refractivity contribution in [1.29, 1.82) is 0 Å². The van der Waals surface area contributed by atoms with Crippen LogP contribution in [0, 0.1) is 0 Å². The van der Waals surface area contributed by atoms with Crippen LogP contribution in [0.2, 0.25) is 0 Å². The van der Waals surface area contributed by atoms with Crippen molar-refractivity contribution in [2.45, 2.75) is 189 Å². The van der Waals surface area contributed by atoms with Gasteiger partial charge in [-0.15, -0.1) is 0 Å². The van der Waals surface area contributed by atoms with Gasteiger partial charge in [0.05, 0.1) is 31.3 Å². The van der Waals surface area contributed by atoms with E-state index in [-0.39, 0.29) is 70.9 Å². The van der Waals surface area contributed by atoms with Crippen molar-refractivity contribution in [2.75, 3.05) is 37.7 Å². The molecule has 0 radical (unpaired) electrons. The van der Waals surface area contributed by atoms with Crippen LogP contribution in [0.5, 0.6) is 0 Å². The Morgan fingerprint density at radius 2 is 0.815 bits per heavy atom. The Balaban J connectivity index is 0.00000616. The van der Waals surface area contributed by atoms with Gasteiger partial charge in [0.1, 0.15) is 79.0 Å². The number of nitrogens with zero attached hydrogens (tertiary/aromatic N) is 1. The number of hydrogen-bond donors (Lipinski definition) is 22. The molecule has 0 aliphatic carbocycles. The number of carboxylic acid groups (broad SMARTS) is 2. The SMILES string of the molecule is CC(=O)O.C[C@H](N)C(=O)N(CC(N)=O)[C@H]1CSSC[C@@H](C(=O)O)NC(=O)[C@H](CO)NC(=O)[C@H]([C@@H](C)O)NC(=O)[C@H](Cc2ccccc2)NC(=O)[C@H]([C@@H](C)O)NC(=O)[C@H](CCCCN)NC(=O)[C@H](Cc2c[nH]c3ccccc23)NC(=O)[C@H](Cc2ccccc2)NC(=O)[C@H](Cc2ccccc2)NC(=O)[C@H](CC(N)=O)NC(=O)[C@H](CCCCN)NC1=O. The summed E-state index contributed by atoms with van der Waals surface area (Å²) in [5, 5.41) is 78.8. The highest BCUT2D eigenvalue weighted by Crippen LogP contribution is 2.26. The smallest absolute Gasteiger partial charge is 0.327 e. The third-order valence-corrected chi connectivity index (χ3v) is 20.9. The van der Waals surface area contributed by atoms with Crippen molar-refractivity contribution in [3.63, 3.8) is 0 Å². The zero-order chi connectivity index (χ0) is 88.0. The molecule has 0 unspecified atom stereocenters. The Morgan fingerprint density at radius 3 is 1.24 bits per heavy atom. The zero-order valence-corrected chi connectivity index (χ0v) is 67.8. The number of carbonyl (C=O) groups excluding carboxylic acids is 14. The summed E-state index contributed by atoms with van der Waals surface area (Å²) in [6.45, 7) is 2.58. The van der Waals surface area contributed by atoms with Crippen LogP contribution < -0.4 is 87.2 Å². The normalized spacial score (nSPS) is 23.2. The van der Waals surface area contributed by atoms with Crippen LogP contribution >= 0.6 is 21.6 Å². The molecule has 5 aromatic rings. The summed E-state index contributed by atoms with van der Waals surface area (Å²) in [6, 6.07) is 8.81. The first-order valence-electron chi connectivity index (χ1n) is 38.2. The van der Waals surface area contributed by atoms with Crippen molar-refractivity contribution in [3.05, 3.63) is 144 Å². The summed E-state index contributed by atoms with van der Waals surface area (Å²) in [7, 11) is 1.40. The lowest BCUT2D eigenvalue weighted by Crippen LogP contribution is -2.63. The Kier molecular flexibility index (Phi) is 41.4. The van der Waals surface area contributed by atoms with Gasteiger partial charge in [-0.3, -0.25) is 71.9 Å². The molecule has 39 nitrogen and oxygen atoms in total. The van der Waals surface area contributed by atoms with Gasteiger partial charge in [0.15, 0.2) is 0 Å². The lowest BCUT2D eigenvalue weighted by molar-refractivity contribution is -0.143. The number of fused-ring (bicyclic) bond motifs is 1. The Morgan fingerprint density at radius 1 is 0.454 bits per heavy atom. The van der Waals surface area contributed by atoms with E-state index in [1.807, 2.05) is 0 Å². The molecule has 27 N–H and O–H groups in total. The lowest BCUT2D eigenvalue weighted by Gasteiger charge is -2.32. The molecular formula is C78H108N18O21S2. The molecule has 1 aromatic heterocycles. The number of aromatic amines is 1. The highest BCUT2D eigenvalue weighted by atomic mass is 33.1. The molecule has 0 saturated carbocycles. The number of rotatable bonds is 26. The molecule has 0 spiro atoms. The number of carbonyl (C=O) groups is 16. The number of aliphatic hydroxyl groups is 3. The first kappa shape index (κ1) is 98.0. The summed E-state index contributed by atoms with van der Waals surface area (Å²) in [5.41, 5.74) is 31.6. The maximum atomic E-state index is 15.4. The number of aromatic nitrogens is 1. The topological polar surface area (TPSA) is 656 Å². The summed E-state index contributed by atoms with van der Waals surface area (Å²) in [5.74, 6) is -19.4. The van der Waals surface area contributed by atoms with E-state index >= 15 is 14.4 Å². The first-order chi connectivity index (χ1) is 56.5. The van der Waals surface area contributed by atoms with Gasteiger partial charge in [0.25, 0.3) is 5.97 Å². The molecule has 0 bridgehead atoms. The van der Waals surface area contributed by atoms with Crippen LogP contribution in [0.15, 0.2) is 121 Å². The molecule has 119 heavy (non-hydrogen) atoms. The van der Waals surface area contributed by atoms with E-state index in [1.54, 1.807) is 121 Å². The van der Waals surface area contributed by atoms with E-state index in [0.717, 1.165) is 20.8 Å². The fraction of sp³-hybridized carbons (Fsp3) is 0.462. The Bertz CT molecular complexity index is 4260. The second-order valence-corrected chi connectivity index (χ2v) is 30.8. The monoisotopic (exact) mass is 1700 g/mol. The number of unbranched alkanes of at least 4 members (excludes halogenated alkanes) is 2. The molecule has 1 aliphatic heterocycles. The van der Waals surface area contributed by atoms with Crippen molar-refractivity contribution >= 4 is 127 Å². The largest absolute Gasteiger partial charge is 0.481 e. The minimum absolute atomic E-state index is 0.0822. The Labute approximate surface area is 693 Å². The highest BCUT2D eigenvalue weighted by Gasteiger charge is 2.41. The number of hydrogen-bond acceptors (Lipinski definition) is 24. The molecule has 6 rings (SSSR count). The number of aliphatic hydroxyl groups excluding tert-OH is 3. The predicted octanol–water partition coefficient (Wildman–Crippen LogP) is -4.74. The summed E-state index contributed by atoms with van der Waals surface area (Å²) in [6.07, 6.45) is -3.66. The first-order valence-corrected chi connectivity index (χ1v) is 40.7. The summed E-state index contributed by atoms with van der Waals surface area (Å²) in [4.78, 5) is 228. The molecule has 14 amide bonds. The number of para-hydroxylation sites is 1. The number of H-pyrrole nitrogens is 1. The van der Waals surface area contributed by atoms with E-state index in [4.69, 9.17) is 38.6 Å². The van der Waals surface area contributed by atoms with E-state index in [0.29, 0.717) is 66.1 Å². The number of amides is 14. The number of primary amides is 2.